The van der Waals surface area contributed by atoms with Gasteiger partial charge >= 0.3 is 0 Å². The molecule has 1 rings (SSSR count). The van der Waals surface area contributed by atoms with E-state index in [1.54, 1.807) is 6.92 Å². The fourth-order valence-corrected chi connectivity index (χ4v) is 2.83. The molecule has 102 valence electrons. The van der Waals surface area contributed by atoms with Gasteiger partial charge in [0.05, 0.1) is 10.2 Å². The van der Waals surface area contributed by atoms with Gasteiger partial charge in [-0.05, 0) is 34.6 Å². The molecule has 1 aromatic rings. The second-order valence-corrected chi connectivity index (χ2v) is 7.03. The normalized spacial score (nSPS) is 13.6. The fourth-order valence-electron chi connectivity index (χ4n) is 1.61. The molecule has 7 heteroatoms. The second-order valence-electron chi connectivity index (χ2n) is 3.99. The van der Waals surface area contributed by atoms with Gasteiger partial charge in [-0.2, -0.15) is 0 Å². The monoisotopic (exact) mass is 341 g/mol. The van der Waals surface area contributed by atoms with Crippen LogP contribution in [-0.2, 0) is 9.84 Å². The third-order valence-corrected chi connectivity index (χ3v) is 3.88. The quantitative estimate of drug-likeness (QED) is 0.836. The number of sulfone groups is 1. The summed E-state index contributed by atoms with van der Waals surface area (Å²) in [5.41, 5.74) is 0.0166. The molecule has 1 N–H and O–H groups in total. The molecule has 18 heavy (non-hydrogen) atoms. The van der Waals surface area contributed by atoms with Gasteiger partial charge in [-0.3, -0.25) is 0 Å². The Morgan fingerprint density at radius 3 is 2.44 bits per heavy atom. The maximum Gasteiger partial charge on any atom is 0.149 e. The summed E-state index contributed by atoms with van der Waals surface area (Å²) in [6, 6.07) is 1.25. The van der Waals surface area contributed by atoms with Crippen molar-refractivity contribution < 1.29 is 17.2 Å². The highest BCUT2D eigenvalue weighted by atomic mass is 79.9. The average Bonchev–Trinajstić information content (AvgIpc) is 2.21. The van der Waals surface area contributed by atoms with Crippen LogP contribution in [0.1, 0.15) is 18.5 Å². The molecular formula is C11H14BrF2NO2S. The van der Waals surface area contributed by atoms with Crippen LogP contribution in [0.2, 0.25) is 0 Å². The van der Waals surface area contributed by atoms with E-state index in [-0.39, 0.29) is 15.8 Å². The van der Waals surface area contributed by atoms with Crippen molar-refractivity contribution in [2.75, 3.05) is 18.6 Å². The van der Waals surface area contributed by atoms with E-state index in [0.29, 0.717) is 6.54 Å². The van der Waals surface area contributed by atoms with Crippen molar-refractivity contribution >= 4 is 25.8 Å². The van der Waals surface area contributed by atoms with Crippen molar-refractivity contribution in [3.05, 3.63) is 33.8 Å². The number of rotatable bonds is 5. The third kappa shape index (κ3) is 4.29. The van der Waals surface area contributed by atoms with Crippen molar-refractivity contribution in [1.82, 2.24) is 5.32 Å². The van der Waals surface area contributed by atoms with Gasteiger partial charge in [-0.15, -0.1) is 0 Å². The maximum atomic E-state index is 13.7. The SMILES string of the molecule is CCNC(CS(C)(=O)=O)c1cc(F)c(Br)cc1F. The number of benzene rings is 1. The fraction of sp³-hybridized carbons (Fsp3) is 0.455. The first kappa shape index (κ1) is 15.5. The molecule has 0 amide bonds. The van der Waals surface area contributed by atoms with Crippen molar-refractivity contribution in [2.24, 2.45) is 0 Å². The summed E-state index contributed by atoms with van der Waals surface area (Å²) in [4.78, 5) is 0. The van der Waals surface area contributed by atoms with Crippen LogP contribution in [0.4, 0.5) is 8.78 Å². The molecule has 0 aliphatic heterocycles. The zero-order valence-electron chi connectivity index (χ0n) is 10.0. The second kappa shape index (κ2) is 6.08. The molecule has 0 saturated carbocycles. The van der Waals surface area contributed by atoms with E-state index in [0.717, 1.165) is 18.4 Å². The lowest BCUT2D eigenvalue weighted by atomic mass is 10.1. The molecule has 0 fully saturated rings. The average molecular weight is 342 g/mol. The van der Waals surface area contributed by atoms with E-state index in [1.807, 2.05) is 0 Å². The molecule has 0 aliphatic carbocycles. The Morgan fingerprint density at radius 1 is 1.33 bits per heavy atom. The standard InChI is InChI=1S/C11H14BrF2NO2S/c1-3-15-11(6-18(2,16)17)7-4-10(14)8(12)5-9(7)13/h4-5,11,15H,3,6H2,1-2H3. The molecule has 0 bridgehead atoms. The van der Waals surface area contributed by atoms with E-state index in [4.69, 9.17) is 0 Å². The van der Waals surface area contributed by atoms with E-state index in [2.05, 4.69) is 21.2 Å². The first-order chi connectivity index (χ1) is 8.24. The van der Waals surface area contributed by atoms with Gasteiger partial charge in [0, 0.05) is 17.9 Å². The Hall–Kier alpha value is -0.530. The van der Waals surface area contributed by atoms with Crippen molar-refractivity contribution in [2.45, 2.75) is 13.0 Å². The van der Waals surface area contributed by atoms with E-state index >= 15 is 0 Å². The molecule has 3 nitrogen and oxygen atoms in total. The minimum absolute atomic E-state index is 0.0124. The van der Waals surface area contributed by atoms with Gasteiger partial charge in [0.15, 0.2) is 0 Å². The number of hydrogen-bond acceptors (Lipinski definition) is 3. The first-order valence-corrected chi connectivity index (χ1v) is 8.15. The van der Waals surface area contributed by atoms with E-state index in [1.165, 1.54) is 0 Å². The molecule has 0 radical (unpaired) electrons. The minimum Gasteiger partial charge on any atom is -0.309 e. The van der Waals surface area contributed by atoms with Crippen LogP contribution in [0, 0.1) is 11.6 Å². The van der Waals surface area contributed by atoms with Crippen LogP contribution >= 0.6 is 15.9 Å². The summed E-state index contributed by atoms with van der Waals surface area (Å²) < 4.78 is 49.7. The largest absolute Gasteiger partial charge is 0.309 e. The molecule has 1 unspecified atom stereocenters. The predicted octanol–water partition coefficient (Wildman–Crippen LogP) is 2.42. The highest BCUT2D eigenvalue weighted by Crippen LogP contribution is 2.25. The lowest BCUT2D eigenvalue weighted by molar-refractivity contribution is 0.520. The van der Waals surface area contributed by atoms with Crippen molar-refractivity contribution in [1.29, 1.82) is 0 Å². The van der Waals surface area contributed by atoms with E-state index < -0.39 is 27.5 Å². The van der Waals surface area contributed by atoms with Gasteiger partial charge in [0.25, 0.3) is 0 Å². The highest BCUT2D eigenvalue weighted by molar-refractivity contribution is 9.10. The van der Waals surface area contributed by atoms with Gasteiger partial charge < -0.3 is 5.32 Å². The molecule has 0 heterocycles. The summed E-state index contributed by atoms with van der Waals surface area (Å²) in [6.07, 6.45) is 1.06. The Labute approximate surface area is 114 Å². The Morgan fingerprint density at radius 2 is 1.94 bits per heavy atom. The molecular weight excluding hydrogens is 328 g/mol. The Kier molecular flexibility index (Phi) is 5.24. The summed E-state index contributed by atoms with van der Waals surface area (Å²) in [7, 11) is -3.30. The van der Waals surface area contributed by atoms with Gasteiger partial charge in [-0.25, -0.2) is 17.2 Å². The lowest BCUT2D eigenvalue weighted by Crippen LogP contribution is -2.28. The highest BCUT2D eigenvalue weighted by Gasteiger charge is 2.21. The van der Waals surface area contributed by atoms with Gasteiger partial charge in [0.1, 0.15) is 21.5 Å². The maximum absolute atomic E-state index is 13.7. The molecule has 0 aliphatic rings. The van der Waals surface area contributed by atoms with Crippen LogP contribution in [-0.4, -0.2) is 27.0 Å². The van der Waals surface area contributed by atoms with Crippen LogP contribution < -0.4 is 5.32 Å². The molecule has 0 saturated heterocycles. The predicted molar refractivity (Wildman–Crippen MR) is 70.2 cm³/mol. The number of halogens is 3. The summed E-state index contributed by atoms with van der Waals surface area (Å²) >= 11 is 2.88. The minimum atomic E-state index is -3.30. The zero-order chi connectivity index (χ0) is 13.9. The topological polar surface area (TPSA) is 46.2 Å². The van der Waals surface area contributed by atoms with Crippen LogP contribution in [0.5, 0.6) is 0 Å². The smallest absolute Gasteiger partial charge is 0.149 e. The van der Waals surface area contributed by atoms with Gasteiger partial charge in [0.2, 0.25) is 0 Å². The summed E-state index contributed by atoms with van der Waals surface area (Å²) in [5.74, 6) is -1.54. The Bertz CT molecular complexity index is 534. The first-order valence-electron chi connectivity index (χ1n) is 5.30. The Balaban J connectivity index is 3.17. The summed E-state index contributed by atoms with van der Waals surface area (Å²) in [5, 5.41) is 2.84. The molecule has 0 spiro atoms. The van der Waals surface area contributed by atoms with E-state index in [9.17, 15) is 17.2 Å². The zero-order valence-corrected chi connectivity index (χ0v) is 12.4. The molecule has 0 aromatic heterocycles. The van der Waals surface area contributed by atoms with Crippen LogP contribution in [0.15, 0.2) is 16.6 Å². The van der Waals surface area contributed by atoms with Gasteiger partial charge in [-0.1, -0.05) is 6.92 Å². The lowest BCUT2D eigenvalue weighted by Gasteiger charge is -2.18. The van der Waals surface area contributed by atoms with Crippen molar-refractivity contribution in [3.63, 3.8) is 0 Å². The summed E-state index contributed by atoms with van der Waals surface area (Å²) in [6.45, 7) is 2.22. The molecule has 1 atom stereocenters. The van der Waals surface area contributed by atoms with Crippen LogP contribution in [0.25, 0.3) is 0 Å². The molecule has 1 aromatic carbocycles. The third-order valence-electron chi connectivity index (χ3n) is 2.33. The van der Waals surface area contributed by atoms with Crippen LogP contribution in [0.3, 0.4) is 0 Å². The number of hydrogen-bond donors (Lipinski definition) is 1. The van der Waals surface area contributed by atoms with Crippen molar-refractivity contribution in [3.8, 4) is 0 Å². The number of nitrogens with one attached hydrogen (secondary N) is 1.